The largest absolute Gasteiger partial charge is 0.378 e. The van der Waals surface area contributed by atoms with Gasteiger partial charge in [0.25, 0.3) is 5.91 Å². The molecule has 0 aliphatic rings. The molecule has 1 N–H and O–H groups in total. The Morgan fingerprint density at radius 2 is 1.76 bits per heavy atom. The minimum absolute atomic E-state index is 0.0267. The summed E-state index contributed by atoms with van der Waals surface area (Å²) in [5.41, 5.74) is 3.80. The summed E-state index contributed by atoms with van der Waals surface area (Å²) in [6.07, 6.45) is 1.53. The molecule has 29 heavy (non-hydrogen) atoms. The zero-order valence-electron chi connectivity index (χ0n) is 16.0. The van der Waals surface area contributed by atoms with Gasteiger partial charge in [-0.1, -0.05) is 42.5 Å². The lowest BCUT2D eigenvalue weighted by Crippen LogP contribution is -2.13. The summed E-state index contributed by atoms with van der Waals surface area (Å²) in [4.78, 5) is 14.6. The molecule has 0 fully saturated rings. The molecule has 1 heterocycles. The van der Waals surface area contributed by atoms with E-state index in [1.54, 1.807) is 0 Å². The smallest absolute Gasteiger partial charge is 0.266 e. The zero-order chi connectivity index (χ0) is 20.8. The Hall–Kier alpha value is -3.87. The number of carbonyl (C=O) groups excluding carboxylic acids is 1. The molecule has 0 unspecified atom stereocenters. The monoisotopic (exact) mass is 398 g/mol. The number of anilines is 2. The van der Waals surface area contributed by atoms with E-state index in [9.17, 15) is 15.3 Å². The van der Waals surface area contributed by atoms with Gasteiger partial charge in [-0.15, -0.1) is 11.3 Å². The van der Waals surface area contributed by atoms with Crippen LogP contribution in [0.3, 0.4) is 0 Å². The lowest BCUT2D eigenvalue weighted by molar-refractivity contribution is -0.112. The number of nitriles is 2. The fraction of sp³-hybridized carbons (Fsp3) is 0.0870. The van der Waals surface area contributed by atoms with Crippen molar-refractivity contribution in [2.75, 3.05) is 24.3 Å². The van der Waals surface area contributed by atoms with Crippen LogP contribution in [0.1, 0.15) is 11.1 Å². The average molecular weight is 398 g/mol. The number of hydrogen-bond acceptors (Lipinski definition) is 5. The number of hydrogen-bond donors (Lipinski definition) is 1. The maximum absolute atomic E-state index is 12.6. The van der Waals surface area contributed by atoms with E-state index in [0.717, 1.165) is 22.4 Å². The van der Waals surface area contributed by atoms with Crippen LogP contribution in [-0.4, -0.2) is 20.0 Å². The molecular weight excluding hydrogens is 380 g/mol. The molecule has 6 heteroatoms. The van der Waals surface area contributed by atoms with Gasteiger partial charge in [0, 0.05) is 30.7 Å². The summed E-state index contributed by atoms with van der Waals surface area (Å²) < 4.78 is 0. The van der Waals surface area contributed by atoms with Gasteiger partial charge in [0.2, 0.25) is 0 Å². The highest BCUT2D eigenvalue weighted by molar-refractivity contribution is 7.15. The van der Waals surface area contributed by atoms with Crippen LogP contribution in [0.4, 0.5) is 10.7 Å². The van der Waals surface area contributed by atoms with Gasteiger partial charge >= 0.3 is 0 Å². The van der Waals surface area contributed by atoms with Crippen LogP contribution in [-0.2, 0) is 4.79 Å². The van der Waals surface area contributed by atoms with Crippen molar-refractivity contribution in [1.29, 1.82) is 10.5 Å². The average Bonchev–Trinajstić information content (AvgIpc) is 3.15. The molecule has 0 aliphatic carbocycles. The van der Waals surface area contributed by atoms with Crippen LogP contribution in [0.5, 0.6) is 0 Å². The number of benzene rings is 2. The maximum atomic E-state index is 12.6. The molecule has 0 aliphatic heterocycles. The molecule has 3 aromatic rings. The second-order valence-electron chi connectivity index (χ2n) is 6.44. The third-order valence-electron chi connectivity index (χ3n) is 4.30. The van der Waals surface area contributed by atoms with Crippen molar-refractivity contribution in [3.63, 3.8) is 0 Å². The van der Waals surface area contributed by atoms with Crippen LogP contribution in [0.15, 0.2) is 65.6 Å². The molecule has 3 rings (SSSR count). The second kappa shape index (κ2) is 8.88. The van der Waals surface area contributed by atoms with E-state index in [1.807, 2.05) is 85.0 Å². The van der Waals surface area contributed by atoms with E-state index in [4.69, 9.17) is 0 Å². The van der Waals surface area contributed by atoms with Crippen molar-refractivity contribution in [3.8, 4) is 23.3 Å². The van der Waals surface area contributed by atoms with E-state index in [-0.39, 0.29) is 5.57 Å². The normalized spacial score (nSPS) is 10.7. The number of rotatable bonds is 5. The molecule has 142 valence electrons. The Kier molecular flexibility index (Phi) is 6.09. The minimum Gasteiger partial charge on any atom is -0.378 e. The number of thiophene rings is 1. The van der Waals surface area contributed by atoms with E-state index >= 15 is 0 Å². The predicted octanol–water partition coefficient (Wildman–Crippen LogP) is 4.90. The van der Waals surface area contributed by atoms with Crippen LogP contribution < -0.4 is 10.2 Å². The van der Waals surface area contributed by atoms with Crippen LogP contribution in [0.25, 0.3) is 17.2 Å². The third-order valence-corrected chi connectivity index (χ3v) is 5.20. The highest BCUT2D eigenvalue weighted by Gasteiger charge is 2.17. The van der Waals surface area contributed by atoms with Gasteiger partial charge in [-0.25, -0.2) is 0 Å². The molecule has 0 saturated heterocycles. The van der Waals surface area contributed by atoms with Crippen LogP contribution in [0, 0.1) is 22.7 Å². The van der Waals surface area contributed by atoms with Crippen molar-refractivity contribution in [3.05, 3.63) is 76.7 Å². The van der Waals surface area contributed by atoms with Crippen molar-refractivity contribution >= 4 is 34.0 Å². The van der Waals surface area contributed by atoms with E-state index in [0.29, 0.717) is 10.6 Å². The summed E-state index contributed by atoms with van der Waals surface area (Å²) in [7, 11) is 3.88. The van der Waals surface area contributed by atoms with Crippen molar-refractivity contribution in [2.24, 2.45) is 0 Å². The second-order valence-corrected chi connectivity index (χ2v) is 7.32. The Morgan fingerprint density at radius 3 is 2.34 bits per heavy atom. The molecule has 0 spiro atoms. The number of nitrogens with one attached hydrogen (secondary N) is 1. The molecule has 2 aromatic carbocycles. The topological polar surface area (TPSA) is 79.9 Å². The Balaban J connectivity index is 1.84. The Labute approximate surface area is 173 Å². The molecular formula is C23H18N4OS. The molecule has 1 amide bonds. The van der Waals surface area contributed by atoms with Crippen molar-refractivity contribution in [2.45, 2.75) is 0 Å². The maximum Gasteiger partial charge on any atom is 0.266 e. The molecule has 5 nitrogen and oxygen atoms in total. The highest BCUT2D eigenvalue weighted by Crippen LogP contribution is 2.35. The first-order valence-corrected chi connectivity index (χ1v) is 9.69. The molecule has 0 bridgehead atoms. The van der Waals surface area contributed by atoms with E-state index < -0.39 is 5.91 Å². The first kappa shape index (κ1) is 19.9. The zero-order valence-corrected chi connectivity index (χ0v) is 16.8. The fourth-order valence-corrected chi connectivity index (χ4v) is 3.66. The standard InChI is InChI=1S/C23H18N4OS/c1-27(2)19-10-8-16(9-11-19)12-18(13-24)22(28)26-23-20(14-25)21(15-29-23)17-6-4-3-5-7-17/h3-12,15H,1-2H3,(H,26,28)/b18-12+. The Morgan fingerprint density at radius 1 is 1.07 bits per heavy atom. The molecule has 0 saturated carbocycles. The predicted molar refractivity (Wildman–Crippen MR) is 117 cm³/mol. The van der Waals surface area contributed by atoms with Gasteiger partial charge in [0.1, 0.15) is 22.7 Å². The van der Waals surface area contributed by atoms with Crippen LogP contribution in [0.2, 0.25) is 0 Å². The number of nitrogens with zero attached hydrogens (tertiary/aromatic N) is 3. The molecule has 0 radical (unpaired) electrons. The fourth-order valence-electron chi connectivity index (χ4n) is 2.75. The minimum atomic E-state index is -0.540. The van der Waals surface area contributed by atoms with Gasteiger partial charge in [0.05, 0.1) is 5.56 Å². The number of amides is 1. The van der Waals surface area contributed by atoms with Gasteiger partial charge in [-0.05, 0) is 29.3 Å². The summed E-state index contributed by atoms with van der Waals surface area (Å²) in [6, 6.07) is 21.1. The summed E-state index contributed by atoms with van der Waals surface area (Å²) in [5.74, 6) is -0.540. The molecule has 1 aromatic heterocycles. The summed E-state index contributed by atoms with van der Waals surface area (Å²) in [5, 5.41) is 24.0. The third kappa shape index (κ3) is 4.52. The van der Waals surface area contributed by atoms with Gasteiger partial charge in [-0.2, -0.15) is 10.5 Å². The van der Waals surface area contributed by atoms with E-state index in [1.165, 1.54) is 17.4 Å². The van der Waals surface area contributed by atoms with Crippen LogP contribution >= 0.6 is 11.3 Å². The van der Waals surface area contributed by atoms with E-state index in [2.05, 4.69) is 11.4 Å². The first-order valence-electron chi connectivity index (χ1n) is 8.81. The Bertz CT molecular complexity index is 1130. The van der Waals surface area contributed by atoms with Crippen molar-refractivity contribution in [1.82, 2.24) is 0 Å². The number of carbonyl (C=O) groups is 1. The van der Waals surface area contributed by atoms with Gasteiger partial charge in [-0.3, -0.25) is 4.79 Å². The lowest BCUT2D eigenvalue weighted by atomic mass is 10.0. The SMILES string of the molecule is CN(C)c1ccc(/C=C(\C#N)C(=O)Nc2scc(-c3ccccc3)c2C#N)cc1. The molecule has 0 atom stereocenters. The highest BCUT2D eigenvalue weighted by atomic mass is 32.1. The summed E-state index contributed by atoms with van der Waals surface area (Å²) in [6.45, 7) is 0. The quantitative estimate of drug-likeness (QED) is 0.490. The first-order chi connectivity index (χ1) is 14.0. The van der Waals surface area contributed by atoms with Gasteiger partial charge < -0.3 is 10.2 Å². The van der Waals surface area contributed by atoms with Gasteiger partial charge in [0.15, 0.2) is 0 Å². The lowest BCUT2D eigenvalue weighted by Gasteiger charge is -2.11. The summed E-state index contributed by atoms with van der Waals surface area (Å²) >= 11 is 1.27. The van der Waals surface area contributed by atoms with Crippen molar-refractivity contribution < 1.29 is 4.79 Å².